The first-order valence-electron chi connectivity index (χ1n) is 7.90. The largest absolute Gasteiger partial charge is 0.492 e. The van der Waals surface area contributed by atoms with Gasteiger partial charge in [0.15, 0.2) is 0 Å². The highest BCUT2D eigenvalue weighted by molar-refractivity contribution is 5.71. The van der Waals surface area contributed by atoms with Gasteiger partial charge in [0.05, 0.1) is 20.1 Å². The van der Waals surface area contributed by atoms with Gasteiger partial charge in [0, 0.05) is 17.5 Å². The van der Waals surface area contributed by atoms with Gasteiger partial charge >= 0.3 is 5.97 Å². The summed E-state index contributed by atoms with van der Waals surface area (Å²) < 4.78 is 16.5. The van der Waals surface area contributed by atoms with Crippen molar-refractivity contribution in [2.75, 3.05) is 13.7 Å². The van der Waals surface area contributed by atoms with Gasteiger partial charge in [-0.25, -0.2) is 0 Å². The van der Waals surface area contributed by atoms with Gasteiger partial charge in [0.25, 0.3) is 0 Å². The second-order valence-electron chi connectivity index (χ2n) is 5.66. The van der Waals surface area contributed by atoms with Gasteiger partial charge in [-0.15, -0.1) is 0 Å². The fraction of sp³-hybridized carbons (Fsp3) is 0.421. The van der Waals surface area contributed by atoms with E-state index in [-0.39, 0.29) is 18.0 Å². The second kappa shape index (κ2) is 7.86. The molecule has 2 rings (SSSR count). The van der Waals surface area contributed by atoms with Crippen molar-refractivity contribution in [2.24, 2.45) is 0 Å². The average Bonchev–Trinajstić information content (AvgIpc) is 2.95. The molecule has 1 heterocycles. The zero-order valence-electron chi connectivity index (χ0n) is 13.8. The number of ether oxygens (including phenoxy) is 3. The van der Waals surface area contributed by atoms with Gasteiger partial charge in [-0.1, -0.05) is 38.6 Å². The lowest BCUT2D eigenvalue weighted by Crippen LogP contribution is -2.17. The van der Waals surface area contributed by atoms with Crippen molar-refractivity contribution in [3.8, 4) is 11.5 Å². The van der Waals surface area contributed by atoms with Gasteiger partial charge < -0.3 is 14.2 Å². The zero-order chi connectivity index (χ0) is 16.8. The smallest absolute Gasteiger partial charge is 0.306 e. The Morgan fingerprint density at radius 2 is 2.30 bits per heavy atom. The van der Waals surface area contributed by atoms with E-state index in [2.05, 4.69) is 20.1 Å². The standard InChI is InChI=1S/C19H24O4/c1-5-7-17(13(3)6-2)23-15-8-9-16-14(10-19(20)21-4)12-22-18(16)11-15/h6,8-9,11,14,17H,2-3,5,7,10,12H2,1,4H3. The van der Waals surface area contributed by atoms with E-state index in [1.54, 1.807) is 6.08 Å². The first kappa shape index (κ1) is 17.1. The number of carbonyl (C=O) groups excluding carboxylic acids is 1. The Bertz CT molecular complexity index is 591. The van der Waals surface area contributed by atoms with Crippen LogP contribution in [-0.4, -0.2) is 25.8 Å². The Labute approximate surface area is 137 Å². The number of fused-ring (bicyclic) bond motifs is 1. The van der Waals surface area contributed by atoms with Crippen LogP contribution in [-0.2, 0) is 9.53 Å². The quantitative estimate of drug-likeness (QED) is 0.537. The number of benzene rings is 1. The molecule has 0 saturated carbocycles. The summed E-state index contributed by atoms with van der Waals surface area (Å²) in [5.74, 6) is 1.33. The molecule has 1 aromatic carbocycles. The zero-order valence-corrected chi connectivity index (χ0v) is 13.8. The second-order valence-corrected chi connectivity index (χ2v) is 5.66. The molecule has 4 nitrogen and oxygen atoms in total. The van der Waals surface area contributed by atoms with Crippen molar-refractivity contribution in [1.82, 2.24) is 0 Å². The molecule has 4 heteroatoms. The normalized spacial score (nSPS) is 16.9. The number of rotatable bonds is 8. The third-order valence-corrected chi connectivity index (χ3v) is 4.01. The monoisotopic (exact) mass is 316 g/mol. The Kier molecular flexibility index (Phi) is 5.85. The Morgan fingerprint density at radius 3 is 2.96 bits per heavy atom. The van der Waals surface area contributed by atoms with Gasteiger partial charge in [0.2, 0.25) is 0 Å². The van der Waals surface area contributed by atoms with Crippen LogP contribution in [0.15, 0.2) is 43.0 Å². The molecular weight excluding hydrogens is 292 g/mol. The summed E-state index contributed by atoms with van der Waals surface area (Å²) in [6, 6.07) is 5.76. The minimum atomic E-state index is -0.225. The van der Waals surface area contributed by atoms with E-state index >= 15 is 0 Å². The summed E-state index contributed by atoms with van der Waals surface area (Å²) in [7, 11) is 1.40. The number of hydrogen-bond donors (Lipinski definition) is 0. The molecule has 1 aliphatic rings. The lowest BCUT2D eigenvalue weighted by molar-refractivity contribution is -0.141. The van der Waals surface area contributed by atoms with Crippen LogP contribution >= 0.6 is 0 Å². The summed E-state index contributed by atoms with van der Waals surface area (Å²) in [5.41, 5.74) is 1.90. The summed E-state index contributed by atoms with van der Waals surface area (Å²) in [6.45, 7) is 10.3. The van der Waals surface area contributed by atoms with E-state index in [1.165, 1.54) is 7.11 Å². The SMILES string of the molecule is C=CC(=C)C(CCC)Oc1ccc2c(c1)OCC2CC(=O)OC. The minimum Gasteiger partial charge on any atom is -0.492 e. The molecule has 1 aromatic rings. The number of methoxy groups -OCH3 is 1. The molecule has 0 N–H and O–H groups in total. The van der Waals surface area contributed by atoms with E-state index in [0.717, 1.165) is 35.5 Å². The van der Waals surface area contributed by atoms with Crippen LogP contribution in [0.4, 0.5) is 0 Å². The molecule has 2 atom stereocenters. The average molecular weight is 316 g/mol. The van der Waals surface area contributed by atoms with Gasteiger partial charge in [0.1, 0.15) is 17.6 Å². The molecular formula is C19H24O4. The molecule has 124 valence electrons. The first-order valence-corrected chi connectivity index (χ1v) is 7.90. The fourth-order valence-electron chi connectivity index (χ4n) is 2.66. The van der Waals surface area contributed by atoms with Crippen molar-refractivity contribution in [1.29, 1.82) is 0 Å². The molecule has 0 saturated heterocycles. The van der Waals surface area contributed by atoms with Crippen molar-refractivity contribution in [2.45, 2.75) is 38.2 Å². The molecule has 0 radical (unpaired) electrons. The van der Waals surface area contributed by atoms with Crippen LogP contribution in [0.25, 0.3) is 0 Å². The first-order chi connectivity index (χ1) is 11.1. The highest BCUT2D eigenvalue weighted by atomic mass is 16.5. The third kappa shape index (κ3) is 4.15. The Morgan fingerprint density at radius 1 is 1.52 bits per heavy atom. The predicted octanol–water partition coefficient (Wildman–Crippen LogP) is 4.02. The lowest BCUT2D eigenvalue weighted by atomic mass is 9.98. The number of hydrogen-bond acceptors (Lipinski definition) is 4. The van der Waals surface area contributed by atoms with Crippen molar-refractivity contribution < 1.29 is 19.0 Å². The highest BCUT2D eigenvalue weighted by Crippen LogP contribution is 2.38. The maximum absolute atomic E-state index is 11.4. The molecule has 0 bridgehead atoms. The topological polar surface area (TPSA) is 44.8 Å². The van der Waals surface area contributed by atoms with Gasteiger partial charge in [-0.2, -0.15) is 0 Å². The fourth-order valence-corrected chi connectivity index (χ4v) is 2.66. The van der Waals surface area contributed by atoms with Crippen molar-refractivity contribution >= 4 is 5.97 Å². The van der Waals surface area contributed by atoms with Crippen molar-refractivity contribution in [3.63, 3.8) is 0 Å². The number of esters is 1. The summed E-state index contributed by atoms with van der Waals surface area (Å²) in [4.78, 5) is 11.4. The van der Waals surface area contributed by atoms with E-state index in [1.807, 2.05) is 18.2 Å². The Hall–Kier alpha value is -2.23. The molecule has 1 aliphatic heterocycles. The maximum Gasteiger partial charge on any atom is 0.306 e. The minimum absolute atomic E-state index is 0.0427. The van der Waals surface area contributed by atoms with Crippen LogP contribution in [0.5, 0.6) is 11.5 Å². The molecule has 0 amide bonds. The van der Waals surface area contributed by atoms with Gasteiger partial charge in [-0.05, 0) is 18.1 Å². The van der Waals surface area contributed by atoms with Crippen LogP contribution in [0.2, 0.25) is 0 Å². The van der Waals surface area contributed by atoms with Crippen molar-refractivity contribution in [3.05, 3.63) is 48.6 Å². The van der Waals surface area contributed by atoms with Gasteiger partial charge in [-0.3, -0.25) is 4.79 Å². The Balaban J connectivity index is 2.11. The van der Waals surface area contributed by atoms with Crippen LogP contribution in [0.1, 0.15) is 37.7 Å². The predicted molar refractivity (Wildman–Crippen MR) is 90.0 cm³/mol. The maximum atomic E-state index is 11.4. The number of carbonyl (C=O) groups is 1. The summed E-state index contributed by atoms with van der Waals surface area (Å²) in [5, 5.41) is 0. The van der Waals surface area contributed by atoms with Crippen LogP contribution in [0, 0.1) is 0 Å². The van der Waals surface area contributed by atoms with Crippen LogP contribution in [0.3, 0.4) is 0 Å². The molecule has 23 heavy (non-hydrogen) atoms. The van der Waals surface area contributed by atoms with Crippen LogP contribution < -0.4 is 9.47 Å². The molecule has 0 aromatic heterocycles. The lowest BCUT2D eigenvalue weighted by Gasteiger charge is -2.19. The summed E-state index contributed by atoms with van der Waals surface area (Å²) in [6.07, 6.45) is 3.86. The van der Waals surface area contributed by atoms with E-state index in [4.69, 9.17) is 14.2 Å². The third-order valence-electron chi connectivity index (χ3n) is 4.01. The molecule has 0 spiro atoms. The van der Waals surface area contributed by atoms with E-state index in [0.29, 0.717) is 13.0 Å². The van der Waals surface area contributed by atoms with E-state index < -0.39 is 0 Å². The molecule has 2 unspecified atom stereocenters. The molecule has 0 fully saturated rings. The highest BCUT2D eigenvalue weighted by Gasteiger charge is 2.27. The van der Waals surface area contributed by atoms with E-state index in [9.17, 15) is 4.79 Å². The molecule has 0 aliphatic carbocycles. The summed E-state index contributed by atoms with van der Waals surface area (Å²) >= 11 is 0.